The molecule has 41 heavy (non-hydrogen) atoms. The fraction of sp³-hybridized carbons (Fsp3) is 0.297. The number of ether oxygens (including phenoxy) is 2. The van der Waals surface area contributed by atoms with Gasteiger partial charge in [0.2, 0.25) is 0 Å². The van der Waals surface area contributed by atoms with Gasteiger partial charge in [-0.2, -0.15) is 0 Å². The Morgan fingerprint density at radius 3 is 2.17 bits per heavy atom. The lowest BCUT2D eigenvalue weighted by Gasteiger charge is -2.26. The zero-order valence-corrected chi connectivity index (χ0v) is 24.3. The minimum Gasteiger partial charge on any atom is -0.492 e. The molecule has 0 saturated carbocycles. The molecular weight excluding hydrogens is 504 g/mol. The average Bonchev–Trinajstić information content (AvgIpc) is 3.28. The first-order chi connectivity index (χ1) is 20.1. The molecule has 0 aliphatic carbocycles. The number of rotatable bonds is 10. The van der Waals surface area contributed by atoms with Gasteiger partial charge in [-0.05, 0) is 92.4 Å². The van der Waals surface area contributed by atoms with Crippen molar-refractivity contribution in [2.45, 2.75) is 46.3 Å². The Morgan fingerprint density at radius 1 is 0.683 bits per heavy atom. The van der Waals surface area contributed by atoms with Crippen LogP contribution in [-0.4, -0.2) is 35.7 Å². The Hall–Kier alpha value is -4.02. The Balaban J connectivity index is 1.24. The van der Waals surface area contributed by atoms with Crippen molar-refractivity contribution in [3.8, 4) is 22.8 Å². The maximum absolute atomic E-state index is 6.20. The number of hydrogen-bond donors (Lipinski definition) is 0. The number of nitrogens with zero attached hydrogens (tertiary/aromatic N) is 2. The van der Waals surface area contributed by atoms with Gasteiger partial charge in [-0.25, -0.2) is 0 Å². The molecule has 210 valence electrons. The van der Waals surface area contributed by atoms with E-state index in [9.17, 15) is 0 Å². The zero-order chi connectivity index (χ0) is 28.0. The maximum atomic E-state index is 6.20. The molecule has 0 unspecified atom stereocenters. The molecule has 0 atom stereocenters. The minimum atomic E-state index is 0.559. The largest absolute Gasteiger partial charge is 0.492 e. The highest BCUT2D eigenvalue weighted by molar-refractivity contribution is 5.92. The highest BCUT2D eigenvalue weighted by atomic mass is 16.5. The summed E-state index contributed by atoms with van der Waals surface area (Å²) in [4.78, 5) is 2.52. The van der Waals surface area contributed by atoms with Crippen LogP contribution >= 0.6 is 0 Å². The van der Waals surface area contributed by atoms with Gasteiger partial charge in [0.05, 0.1) is 5.69 Å². The molecule has 0 radical (unpaired) electrons. The van der Waals surface area contributed by atoms with Gasteiger partial charge in [-0.15, -0.1) is 0 Å². The van der Waals surface area contributed by atoms with E-state index < -0.39 is 0 Å². The first kappa shape index (κ1) is 27.2. The summed E-state index contributed by atoms with van der Waals surface area (Å²) < 4.78 is 14.7. The number of likely N-dealkylation sites (tertiary alicyclic amines) is 1. The summed E-state index contributed by atoms with van der Waals surface area (Å²) >= 11 is 0. The normalized spacial score (nSPS) is 13.9. The van der Waals surface area contributed by atoms with Crippen molar-refractivity contribution in [2.24, 2.45) is 0 Å². The first-order valence-electron chi connectivity index (χ1n) is 14.9. The maximum Gasteiger partial charge on any atom is 0.120 e. The number of aromatic nitrogens is 1. The van der Waals surface area contributed by atoms with Crippen molar-refractivity contribution in [2.75, 3.05) is 26.2 Å². The van der Waals surface area contributed by atoms with Crippen LogP contribution in [0.3, 0.4) is 0 Å². The molecule has 1 aromatic heterocycles. The van der Waals surface area contributed by atoms with Crippen LogP contribution < -0.4 is 9.47 Å². The van der Waals surface area contributed by atoms with Gasteiger partial charge in [0.25, 0.3) is 0 Å². The van der Waals surface area contributed by atoms with Gasteiger partial charge in [0, 0.05) is 24.0 Å². The van der Waals surface area contributed by atoms with Crippen LogP contribution in [-0.2, 0) is 13.2 Å². The van der Waals surface area contributed by atoms with E-state index >= 15 is 0 Å². The van der Waals surface area contributed by atoms with Gasteiger partial charge >= 0.3 is 0 Å². The van der Waals surface area contributed by atoms with Crippen molar-refractivity contribution in [3.05, 3.63) is 119 Å². The van der Waals surface area contributed by atoms with Crippen LogP contribution in [0.1, 0.15) is 41.5 Å². The Kier molecular flexibility index (Phi) is 8.39. The number of fused-ring (bicyclic) bond motifs is 1. The zero-order valence-electron chi connectivity index (χ0n) is 24.3. The molecule has 1 fully saturated rings. The quantitative estimate of drug-likeness (QED) is 0.177. The first-order valence-corrected chi connectivity index (χ1v) is 14.9. The summed E-state index contributed by atoms with van der Waals surface area (Å²) in [5, 5.41) is 1.23. The molecule has 0 bridgehead atoms. The fourth-order valence-electron chi connectivity index (χ4n) is 5.93. The van der Waals surface area contributed by atoms with Crippen molar-refractivity contribution < 1.29 is 9.47 Å². The molecule has 4 heteroatoms. The average molecular weight is 545 g/mol. The van der Waals surface area contributed by atoms with E-state index in [0.29, 0.717) is 6.61 Å². The molecule has 2 heterocycles. The van der Waals surface area contributed by atoms with Gasteiger partial charge in [-0.1, -0.05) is 78.7 Å². The second-order valence-electron chi connectivity index (χ2n) is 11.3. The fourth-order valence-corrected chi connectivity index (χ4v) is 5.93. The predicted molar refractivity (Wildman–Crippen MR) is 169 cm³/mol. The third kappa shape index (κ3) is 6.49. The predicted octanol–water partition coefficient (Wildman–Crippen LogP) is 8.42. The monoisotopic (exact) mass is 544 g/mol. The lowest BCUT2D eigenvalue weighted by atomic mass is 10.0. The summed E-state index contributed by atoms with van der Waals surface area (Å²) in [6, 6.07) is 34.3. The molecular formula is C37H40N2O2. The second kappa shape index (κ2) is 12.7. The molecule has 5 aromatic rings. The summed E-state index contributed by atoms with van der Waals surface area (Å²) in [5.41, 5.74) is 8.65. The molecule has 0 amide bonds. The highest BCUT2D eigenvalue weighted by Gasteiger charge is 2.17. The van der Waals surface area contributed by atoms with E-state index in [1.807, 2.05) is 18.2 Å². The molecule has 1 aliphatic rings. The Morgan fingerprint density at radius 2 is 1.41 bits per heavy atom. The summed E-state index contributed by atoms with van der Waals surface area (Å²) in [5.74, 6) is 1.83. The lowest BCUT2D eigenvalue weighted by molar-refractivity contribution is 0.183. The summed E-state index contributed by atoms with van der Waals surface area (Å²) in [7, 11) is 0. The smallest absolute Gasteiger partial charge is 0.120 e. The van der Waals surface area contributed by atoms with Crippen molar-refractivity contribution in [1.82, 2.24) is 9.47 Å². The van der Waals surface area contributed by atoms with Crippen LogP contribution in [0.15, 0.2) is 97.1 Å². The highest BCUT2D eigenvalue weighted by Crippen LogP contribution is 2.36. The van der Waals surface area contributed by atoms with Crippen LogP contribution in [0.4, 0.5) is 0 Å². The SMILES string of the molecule is Cc1ccc(-c2c(C)c3cc(OCc4ccccc4)ccc3n2Cc2ccc(OCCN3CCCCC3)cc2)cc1. The van der Waals surface area contributed by atoms with Gasteiger partial charge in [-0.3, -0.25) is 4.90 Å². The molecule has 1 aliphatic heterocycles. The van der Waals surface area contributed by atoms with Gasteiger partial charge < -0.3 is 14.0 Å². The molecule has 4 aromatic carbocycles. The summed E-state index contributed by atoms with van der Waals surface area (Å²) in [6.45, 7) is 9.87. The minimum absolute atomic E-state index is 0.559. The number of hydrogen-bond acceptors (Lipinski definition) is 3. The van der Waals surface area contributed by atoms with Crippen molar-refractivity contribution in [1.29, 1.82) is 0 Å². The summed E-state index contributed by atoms with van der Waals surface area (Å²) in [6.07, 6.45) is 3.99. The molecule has 0 N–H and O–H groups in total. The molecule has 1 saturated heterocycles. The topological polar surface area (TPSA) is 26.6 Å². The van der Waals surface area contributed by atoms with Gasteiger partial charge in [0.15, 0.2) is 0 Å². The standard InChI is InChI=1S/C37H40N2O2/c1-28-11-15-32(16-12-28)37-29(2)35-25-34(41-27-31-9-5-3-6-10-31)19-20-36(35)39(37)26-30-13-17-33(18-14-30)40-24-23-38-21-7-4-8-22-38/h3,5-6,9-20,25H,4,7-8,21-24,26-27H2,1-2H3. The Bertz CT molecular complexity index is 1560. The van der Waals surface area contributed by atoms with E-state index in [2.05, 4.69) is 102 Å². The molecule has 4 nitrogen and oxygen atoms in total. The van der Waals surface area contributed by atoms with E-state index in [0.717, 1.165) is 31.2 Å². The van der Waals surface area contributed by atoms with Crippen LogP contribution in [0, 0.1) is 13.8 Å². The molecule has 0 spiro atoms. The van der Waals surface area contributed by atoms with Crippen LogP contribution in [0.25, 0.3) is 22.2 Å². The van der Waals surface area contributed by atoms with Gasteiger partial charge in [0.1, 0.15) is 24.7 Å². The number of piperidine rings is 1. The third-order valence-corrected chi connectivity index (χ3v) is 8.25. The number of aryl methyl sites for hydroxylation is 2. The van der Waals surface area contributed by atoms with Crippen molar-refractivity contribution >= 4 is 10.9 Å². The molecule has 6 rings (SSSR count). The van der Waals surface area contributed by atoms with E-state index in [4.69, 9.17) is 9.47 Å². The number of benzene rings is 4. The lowest BCUT2D eigenvalue weighted by Crippen LogP contribution is -2.33. The van der Waals surface area contributed by atoms with E-state index in [1.165, 1.54) is 76.8 Å². The van der Waals surface area contributed by atoms with E-state index in [1.54, 1.807) is 0 Å². The Labute approximate surface area is 244 Å². The van der Waals surface area contributed by atoms with Crippen LogP contribution in [0.5, 0.6) is 11.5 Å². The van der Waals surface area contributed by atoms with Crippen molar-refractivity contribution in [3.63, 3.8) is 0 Å². The third-order valence-electron chi connectivity index (χ3n) is 8.25. The van der Waals surface area contributed by atoms with E-state index in [-0.39, 0.29) is 0 Å². The van der Waals surface area contributed by atoms with Crippen LogP contribution in [0.2, 0.25) is 0 Å². The second-order valence-corrected chi connectivity index (χ2v) is 11.3.